The lowest BCUT2D eigenvalue weighted by Gasteiger charge is -2.23. The van der Waals surface area contributed by atoms with E-state index in [4.69, 9.17) is 16.3 Å². The molecule has 0 atom stereocenters. The topological polar surface area (TPSA) is 59.1 Å². The summed E-state index contributed by atoms with van der Waals surface area (Å²) < 4.78 is 19.1. The zero-order valence-corrected chi connectivity index (χ0v) is 16.4. The predicted octanol–water partition coefficient (Wildman–Crippen LogP) is 4.72. The number of fused-ring (bicyclic) bond motifs is 1. The van der Waals surface area contributed by atoms with Crippen LogP contribution in [0.15, 0.2) is 36.7 Å². The van der Waals surface area contributed by atoms with Gasteiger partial charge in [0.25, 0.3) is 0 Å². The number of piperidine rings is 1. The Morgan fingerprint density at radius 2 is 2.04 bits per heavy atom. The van der Waals surface area contributed by atoms with E-state index >= 15 is 0 Å². The summed E-state index contributed by atoms with van der Waals surface area (Å²) >= 11 is 5.90. The van der Waals surface area contributed by atoms with Gasteiger partial charge < -0.3 is 15.4 Å². The van der Waals surface area contributed by atoms with Crippen molar-refractivity contribution in [2.75, 3.05) is 25.5 Å². The van der Waals surface area contributed by atoms with E-state index in [9.17, 15) is 4.39 Å². The number of methoxy groups -OCH3 is 1. The van der Waals surface area contributed by atoms with Crippen LogP contribution in [0, 0.1) is 11.7 Å². The molecule has 0 amide bonds. The number of anilines is 2. The van der Waals surface area contributed by atoms with Crippen LogP contribution < -0.4 is 15.4 Å². The molecular formula is C21H22ClFN4O. The van der Waals surface area contributed by atoms with E-state index in [0.717, 1.165) is 54.6 Å². The van der Waals surface area contributed by atoms with Crippen LogP contribution in [0.2, 0.25) is 5.02 Å². The van der Waals surface area contributed by atoms with Crippen molar-refractivity contribution >= 4 is 34.0 Å². The average molecular weight is 401 g/mol. The first kappa shape index (κ1) is 18.9. The molecule has 28 heavy (non-hydrogen) atoms. The Balaban J connectivity index is 1.70. The molecule has 1 saturated heterocycles. The Hall–Kier alpha value is -2.44. The Kier molecular flexibility index (Phi) is 5.59. The normalized spacial score (nSPS) is 15.0. The number of nitrogens with zero attached hydrogens (tertiary/aromatic N) is 2. The lowest BCUT2D eigenvalue weighted by molar-refractivity contribution is 0.361. The number of aromatic nitrogens is 2. The zero-order valence-electron chi connectivity index (χ0n) is 15.6. The molecule has 7 heteroatoms. The van der Waals surface area contributed by atoms with Gasteiger partial charge in [-0.05, 0) is 68.1 Å². The minimum Gasteiger partial charge on any atom is -0.496 e. The van der Waals surface area contributed by atoms with Crippen LogP contribution in [0.3, 0.4) is 0 Å². The van der Waals surface area contributed by atoms with Crippen molar-refractivity contribution in [1.82, 2.24) is 15.3 Å². The summed E-state index contributed by atoms with van der Waals surface area (Å²) in [5.74, 6) is 1.68. The Labute approximate surface area is 168 Å². The molecule has 2 aromatic carbocycles. The predicted molar refractivity (Wildman–Crippen MR) is 110 cm³/mol. The standard InChI is InChI=1S/C21H22ClFN4O/c1-28-20-11-19-16(9-14(20)8-13-4-6-24-7-5-13)21(26-12-25-19)27-15-2-3-18(23)17(22)10-15/h2-3,9-13,24H,4-8H2,1H3,(H,25,26,27). The molecule has 2 N–H and O–H groups in total. The van der Waals surface area contributed by atoms with Gasteiger partial charge in [-0.1, -0.05) is 11.6 Å². The van der Waals surface area contributed by atoms with Gasteiger partial charge >= 0.3 is 0 Å². The first-order valence-electron chi connectivity index (χ1n) is 9.38. The van der Waals surface area contributed by atoms with Crippen LogP contribution in [0.5, 0.6) is 5.75 Å². The smallest absolute Gasteiger partial charge is 0.141 e. The second-order valence-corrected chi connectivity index (χ2v) is 7.46. The number of hydrogen-bond acceptors (Lipinski definition) is 5. The lowest BCUT2D eigenvalue weighted by Crippen LogP contribution is -2.28. The van der Waals surface area contributed by atoms with E-state index in [1.807, 2.05) is 6.07 Å². The van der Waals surface area contributed by atoms with Gasteiger partial charge in [-0.3, -0.25) is 0 Å². The van der Waals surface area contributed by atoms with E-state index in [2.05, 4.69) is 26.7 Å². The summed E-state index contributed by atoms with van der Waals surface area (Å²) in [6, 6.07) is 8.57. The van der Waals surface area contributed by atoms with Gasteiger partial charge in [0.05, 0.1) is 17.6 Å². The summed E-state index contributed by atoms with van der Waals surface area (Å²) in [5.41, 5.74) is 2.61. The number of hydrogen-bond donors (Lipinski definition) is 2. The number of nitrogens with one attached hydrogen (secondary N) is 2. The van der Waals surface area contributed by atoms with Crippen molar-refractivity contribution in [3.63, 3.8) is 0 Å². The third-order valence-corrected chi connectivity index (χ3v) is 5.48. The highest BCUT2D eigenvalue weighted by Gasteiger charge is 2.18. The maximum atomic E-state index is 13.4. The maximum absolute atomic E-state index is 13.4. The highest BCUT2D eigenvalue weighted by Crippen LogP contribution is 2.33. The first-order valence-corrected chi connectivity index (χ1v) is 9.76. The second kappa shape index (κ2) is 8.29. The van der Waals surface area contributed by atoms with Gasteiger partial charge in [0, 0.05) is 17.1 Å². The van der Waals surface area contributed by atoms with Gasteiger partial charge in [0.1, 0.15) is 23.7 Å². The Morgan fingerprint density at radius 3 is 2.79 bits per heavy atom. The largest absolute Gasteiger partial charge is 0.496 e. The lowest BCUT2D eigenvalue weighted by atomic mass is 9.90. The Bertz CT molecular complexity index is 992. The molecule has 1 aromatic heterocycles. The van der Waals surface area contributed by atoms with Gasteiger partial charge in [-0.15, -0.1) is 0 Å². The second-order valence-electron chi connectivity index (χ2n) is 7.05. The zero-order chi connectivity index (χ0) is 19.5. The minimum atomic E-state index is -0.450. The third-order valence-electron chi connectivity index (χ3n) is 5.19. The third kappa shape index (κ3) is 4.03. The maximum Gasteiger partial charge on any atom is 0.141 e. The van der Waals surface area contributed by atoms with Crippen molar-refractivity contribution < 1.29 is 9.13 Å². The molecule has 1 fully saturated rings. The SMILES string of the molecule is COc1cc2ncnc(Nc3ccc(F)c(Cl)c3)c2cc1CC1CCNCC1. The minimum absolute atomic E-state index is 0.0663. The van der Waals surface area contributed by atoms with E-state index in [0.29, 0.717) is 17.4 Å². The number of benzene rings is 2. The van der Waals surface area contributed by atoms with Crippen LogP contribution in [0.4, 0.5) is 15.9 Å². The monoisotopic (exact) mass is 400 g/mol. The fourth-order valence-electron chi connectivity index (χ4n) is 3.69. The molecule has 4 rings (SSSR count). The molecule has 3 aromatic rings. The van der Waals surface area contributed by atoms with Gasteiger partial charge in [0.15, 0.2) is 0 Å². The molecule has 0 unspecified atom stereocenters. The van der Waals surface area contributed by atoms with Crippen molar-refractivity contribution in [2.45, 2.75) is 19.3 Å². The molecule has 0 aliphatic carbocycles. The molecule has 146 valence electrons. The number of rotatable bonds is 5. The van der Waals surface area contributed by atoms with Crippen LogP contribution in [-0.2, 0) is 6.42 Å². The highest BCUT2D eigenvalue weighted by molar-refractivity contribution is 6.31. The van der Waals surface area contributed by atoms with E-state index in [1.165, 1.54) is 12.4 Å². The fourth-order valence-corrected chi connectivity index (χ4v) is 3.87. The van der Waals surface area contributed by atoms with Gasteiger partial charge in [-0.2, -0.15) is 0 Å². The van der Waals surface area contributed by atoms with Gasteiger partial charge in [-0.25, -0.2) is 14.4 Å². The van der Waals surface area contributed by atoms with Gasteiger partial charge in [0.2, 0.25) is 0 Å². The summed E-state index contributed by atoms with van der Waals surface area (Å²) in [6.45, 7) is 2.11. The summed E-state index contributed by atoms with van der Waals surface area (Å²) in [6.07, 6.45) is 4.77. The van der Waals surface area contributed by atoms with Crippen molar-refractivity contribution in [1.29, 1.82) is 0 Å². The molecule has 0 bridgehead atoms. The molecule has 0 radical (unpaired) electrons. The van der Waals surface area contributed by atoms with E-state index in [-0.39, 0.29) is 5.02 Å². The molecule has 2 heterocycles. The molecule has 1 aliphatic heterocycles. The Morgan fingerprint density at radius 1 is 1.21 bits per heavy atom. The van der Waals surface area contributed by atoms with Crippen molar-refractivity contribution in [3.8, 4) is 5.75 Å². The fraction of sp³-hybridized carbons (Fsp3) is 0.333. The van der Waals surface area contributed by atoms with E-state index < -0.39 is 5.82 Å². The van der Waals surface area contributed by atoms with Crippen LogP contribution >= 0.6 is 11.6 Å². The van der Waals surface area contributed by atoms with Crippen molar-refractivity contribution in [2.24, 2.45) is 5.92 Å². The van der Waals surface area contributed by atoms with E-state index in [1.54, 1.807) is 19.2 Å². The number of halogens is 2. The summed E-state index contributed by atoms with van der Waals surface area (Å²) in [5, 5.41) is 7.60. The van der Waals surface area contributed by atoms with Crippen LogP contribution in [-0.4, -0.2) is 30.2 Å². The molecule has 0 spiro atoms. The molecular weight excluding hydrogens is 379 g/mol. The summed E-state index contributed by atoms with van der Waals surface area (Å²) in [4.78, 5) is 8.77. The highest BCUT2D eigenvalue weighted by atomic mass is 35.5. The molecule has 5 nitrogen and oxygen atoms in total. The molecule has 0 saturated carbocycles. The average Bonchev–Trinajstić information content (AvgIpc) is 2.71. The first-order chi connectivity index (χ1) is 13.6. The number of ether oxygens (including phenoxy) is 1. The van der Waals surface area contributed by atoms with Crippen LogP contribution in [0.25, 0.3) is 10.9 Å². The van der Waals surface area contributed by atoms with Crippen molar-refractivity contribution in [3.05, 3.63) is 53.1 Å². The van der Waals surface area contributed by atoms with Crippen LogP contribution in [0.1, 0.15) is 18.4 Å². The quantitative estimate of drug-likeness (QED) is 0.649. The summed E-state index contributed by atoms with van der Waals surface area (Å²) in [7, 11) is 1.69. The molecule has 1 aliphatic rings.